The van der Waals surface area contributed by atoms with E-state index in [1.807, 2.05) is 0 Å². The first-order valence-corrected chi connectivity index (χ1v) is 11.2. The standard InChI is InChI=1S/C24H29ClN2O5/c1-15-6-7-18(23(28)29)20(19(15)24(30)31)17-8-11-26-22(21(17)25)32-14-4-3-5-16-9-12-27(2)13-10-16/h6-8,11,16H,3-5,9-10,12-14H2,1-2H3,(H,28,29)(H,30,31). The third-order valence-electron chi connectivity index (χ3n) is 6.07. The van der Waals surface area contributed by atoms with Gasteiger partial charge in [-0.25, -0.2) is 14.6 Å². The van der Waals surface area contributed by atoms with Crippen molar-refractivity contribution in [2.45, 2.75) is 39.0 Å². The monoisotopic (exact) mass is 460 g/mol. The summed E-state index contributed by atoms with van der Waals surface area (Å²) >= 11 is 6.52. The topological polar surface area (TPSA) is 100.0 Å². The van der Waals surface area contributed by atoms with Crippen LogP contribution in [0.3, 0.4) is 0 Å². The van der Waals surface area contributed by atoms with Crippen molar-refractivity contribution < 1.29 is 24.5 Å². The quantitative estimate of drug-likeness (QED) is 0.508. The number of halogens is 1. The molecular weight excluding hydrogens is 432 g/mol. The van der Waals surface area contributed by atoms with Crippen molar-refractivity contribution in [1.82, 2.24) is 9.88 Å². The summed E-state index contributed by atoms with van der Waals surface area (Å²) in [5, 5.41) is 19.4. The Morgan fingerprint density at radius 3 is 2.53 bits per heavy atom. The lowest BCUT2D eigenvalue weighted by atomic mass is 9.91. The first-order chi connectivity index (χ1) is 15.3. The largest absolute Gasteiger partial charge is 0.478 e. The van der Waals surface area contributed by atoms with Crippen LogP contribution in [-0.4, -0.2) is 58.8 Å². The number of nitrogens with zero attached hydrogens (tertiary/aromatic N) is 2. The Kier molecular flexibility index (Phi) is 8.10. The summed E-state index contributed by atoms with van der Waals surface area (Å²) in [6.45, 7) is 4.37. The number of ether oxygens (including phenoxy) is 1. The molecule has 0 saturated carbocycles. The minimum Gasteiger partial charge on any atom is -0.478 e. The number of carbonyl (C=O) groups is 2. The zero-order valence-corrected chi connectivity index (χ0v) is 19.2. The number of aromatic nitrogens is 1. The summed E-state index contributed by atoms with van der Waals surface area (Å²) in [5.41, 5.74) is 0.556. The molecule has 1 aromatic heterocycles. The molecule has 0 unspecified atom stereocenters. The number of rotatable bonds is 9. The molecule has 3 rings (SSSR count). The molecule has 2 aromatic rings. The molecule has 1 aliphatic heterocycles. The molecule has 1 aliphatic rings. The van der Waals surface area contributed by atoms with Gasteiger partial charge in [0.05, 0.1) is 17.7 Å². The number of likely N-dealkylation sites (tertiary alicyclic amines) is 1. The van der Waals surface area contributed by atoms with E-state index in [1.165, 1.54) is 43.7 Å². The Morgan fingerprint density at radius 2 is 1.88 bits per heavy atom. The van der Waals surface area contributed by atoms with E-state index in [-0.39, 0.29) is 33.2 Å². The fourth-order valence-electron chi connectivity index (χ4n) is 4.21. The van der Waals surface area contributed by atoms with Crippen molar-refractivity contribution in [3.05, 3.63) is 46.1 Å². The van der Waals surface area contributed by atoms with E-state index in [0.29, 0.717) is 12.2 Å². The molecule has 1 fully saturated rings. The molecule has 0 aliphatic carbocycles. The van der Waals surface area contributed by atoms with Crippen molar-refractivity contribution in [3.63, 3.8) is 0 Å². The Morgan fingerprint density at radius 1 is 1.16 bits per heavy atom. The molecule has 32 heavy (non-hydrogen) atoms. The van der Waals surface area contributed by atoms with Crippen LogP contribution in [0.25, 0.3) is 11.1 Å². The molecule has 1 saturated heterocycles. The molecule has 0 atom stereocenters. The fourth-order valence-corrected chi connectivity index (χ4v) is 4.47. The number of hydrogen-bond acceptors (Lipinski definition) is 5. The Labute approximate surface area is 193 Å². The molecule has 0 spiro atoms. The molecule has 1 aromatic carbocycles. The molecule has 0 bridgehead atoms. The number of pyridine rings is 1. The predicted octanol–water partition coefficient (Wildman–Crippen LogP) is 5.00. The van der Waals surface area contributed by atoms with Crippen LogP contribution in [0.4, 0.5) is 0 Å². The first-order valence-electron chi connectivity index (χ1n) is 10.9. The maximum absolute atomic E-state index is 11.9. The van der Waals surface area contributed by atoms with E-state index in [0.717, 1.165) is 31.8 Å². The molecule has 0 amide bonds. The van der Waals surface area contributed by atoms with Gasteiger partial charge in [0.1, 0.15) is 5.02 Å². The van der Waals surface area contributed by atoms with Crippen LogP contribution >= 0.6 is 11.6 Å². The Balaban J connectivity index is 1.73. The van der Waals surface area contributed by atoms with Gasteiger partial charge < -0.3 is 19.8 Å². The van der Waals surface area contributed by atoms with Gasteiger partial charge in [0.2, 0.25) is 5.88 Å². The van der Waals surface area contributed by atoms with Crippen molar-refractivity contribution >= 4 is 23.5 Å². The number of aromatic carboxylic acids is 2. The highest BCUT2D eigenvalue weighted by Gasteiger charge is 2.25. The van der Waals surface area contributed by atoms with Gasteiger partial charge in [0.25, 0.3) is 0 Å². The molecule has 2 heterocycles. The number of hydrogen-bond donors (Lipinski definition) is 2. The van der Waals surface area contributed by atoms with Crippen LogP contribution in [0, 0.1) is 12.8 Å². The summed E-state index contributed by atoms with van der Waals surface area (Å²) < 4.78 is 5.79. The van der Waals surface area contributed by atoms with Gasteiger partial charge in [-0.15, -0.1) is 0 Å². The minimum atomic E-state index is -1.23. The molecule has 2 N–H and O–H groups in total. The molecule has 8 heteroatoms. The van der Waals surface area contributed by atoms with E-state index in [2.05, 4.69) is 16.9 Å². The van der Waals surface area contributed by atoms with Crippen LogP contribution in [0.5, 0.6) is 5.88 Å². The average Bonchev–Trinajstić information content (AvgIpc) is 2.75. The lowest BCUT2D eigenvalue weighted by Gasteiger charge is -2.28. The number of unbranched alkanes of at least 4 members (excludes halogenated alkanes) is 1. The SMILES string of the molecule is Cc1ccc(C(=O)O)c(-c2ccnc(OCCCCC3CCN(C)CC3)c2Cl)c1C(=O)O. The second-order valence-electron chi connectivity index (χ2n) is 8.36. The Bertz CT molecular complexity index is 987. The fraction of sp³-hybridized carbons (Fsp3) is 0.458. The lowest BCUT2D eigenvalue weighted by Crippen LogP contribution is -2.30. The lowest BCUT2D eigenvalue weighted by molar-refractivity contribution is 0.0695. The van der Waals surface area contributed by atoms with Crippen molar-refractivity contribution in [2.24, 2.45) is 5.92 Å². The highest BCUT2D eigenvalue weighted by Crippen LogP contribution is 2.38. The van der Waals surface area contributed by atoms with Crippen LogP contribution in [0.15, 0.2) is 24.4 Å². The summed E-state index contributed by atoms with van der Waals surface area (Å²) in [5.74, 6) is -1.50. The van der Waals surface area contributed by atoms with Gasteiger partial charge in [-0.1, -0.05) is 24.1 Å². The average molecular weight is 461 g/mol. The third kappa shape index (κ3) is 5.58. The van der Waals surface area contributed by atoms with E-state index < -0.39 is 11.9 Å². The number of aryl methyl sites for hydroxylation is 1. The number of carboxylic acids is 2. The highest BCUT2D eigenvalue weighted by atomic mass is 35.5. The number of benzene rings is 1. The summed E-state index contributed by atoms with van der Waals surface area (Å²) in [4.78, 5) is 30.2. The van der Waals surface area contributed by atoms with Crippen molar-refractivity contribution in [2.75, 3.05) is 26.7 Å². The molecule has 172 valence electrons. The van der Waals surface area contributed by atoms with Gasteiger partial charge in [-0.3, -0.25) is 0 Å². The van der Waals surface area contributed by atoms with E-state index in [1.54, 1.807) is 6.92 Å². The number of carboxylic acid groups (broad SMARTS) is 2. The van der Waals surface area contributed by atoms with Gasteiger partial charge >= 0.3 is 11.9 Å². The zero-order chi connectivity index (χ0) is 23.3. The predicted molar refractivity (Wildman–Crippen MR) is 123 cm³/mol. The van der Waals surface area contributed by atoms with Crippen molar-refractivity contribution in [1.29, 1.82) is 0 Å². The summed E-state index contributed by atoms with van der Waals surface area (Å²) in [6, 6.07) is 4.38. The van der Waals surface area contributed by atoms with Crippen LogP contribution in [0.1, 0.15) is 58.4 Å². The van der Waals surface area contributed by atoms with Crippen LogP contribution in [0.2, 0.25) is 5.02 Å². The molecule has 7 nitrogen and oxygen atoms in total. The first kappa shape index (κ1) is 24.0. The summed E-state index contributed by atoms with van der Waals surface area (Å²) in [6.07, 6.45) is 7.01. The van der Waals surface area contributed by atoms with E-state index in [9.17, 15) is 19.8 Å². The second kappa shape index (κ2) is 10.8. The normalized spacial score (nSPS) is 15.0. The van der Waals surface area contributed by atoms with Crippen molar-refractivity contribution in [3.8, 4) is 17.0 Å². The summed E-state index contributed by atoms with van der Waals surface area (Å²) in [7, 11) is 2.16. The van der Waals surface area contributed by atoms with Gasteiger partial charge in [-0.05, 0) is 76.4 Å². The minimum absolute atomic E-state index is 0.0597. The van der Waals surface area contributed by atoms with E-state index >= 15 is 0 Å². The highest BCUT2D eigenvalue weighted by molar-refractivity contribution is 6.35. The molecular formula is C24H29ClN2O5. The van der Waals surface area contributed by atoms with E-state index in [4.69, 9.17) is 16.3 Å². The third-order valence-corrected chi connectivity index (χ3v) is 6.43. The smallest absolute Gasteiger partial charge is 0.336 e. The van der Waals surface area contributed by atoms with Crippen LogP contribution in [-0.2, 0) is 0 Å². The number of piperidine rings is 1. The van der Waals surface area contributed by atoms with Gasteiger partial charge in [0.15, 0.2) is 0 Å². The maximum atomic E-state index is 11.9. The maximum Gasteiger partial charge on any atom is 0.336 e. The Hall–Kier alpha value is -2.64. The second-order valence-corrected chi connectivity index (χ2v) is 8.74. The van der Waals surface area contributed by atoms with Gasteiger partial charge in [-0.2, -0.15) is 0 Å². The van der Waals surface area contributed by atoms with Gasteiger partial charge in [0, 0.05) is 17.3 Å². The molecule has 0 radical (unpaired) electrons. The van der Waals surface area contributed by atoms with Crippen LogP contribution < -0.4 is 4.74 Å². The zero-order valence-electron chi connectivity index (χ0n) is 18.4.